The molecule has 1 aliphatic heterocycles. The standard InChI is InChI=1S/C26H29N5O3/c1-20-7-9-22(10-8-20)26(32)28-19-29-13-15-30(16-14-29)23-11-12-25(31(33)34)24(17-23)27-18-21-5-3-2-4-6-21/h2-12,17,27H,13-16,18-19H2,1H3,(H,28,32). The van der Waals surface area contributed by atoms with Gasteiger partial charge in [-0.1, -0.05) is 48.0 Å². The van der Waals surface area contributed by atoms with E-state index in [0.29, 0.717) is 24.5 Å². The summed E-state index contributed by atoms with van der Waals surface area (Å²) in [5, 5.41) is 17.7. The van der Waals surface area contributed by atoms with Crippen molar-refractivity contribution in [3.63, 3.8) is 0 Å². The number of hydrogen-bond donors (Lipinski definition) is 2. The second-order valence-corrected chi connectivity index (χ2v) is 8.43. The number of nitro groups is 1. The van der Waals surface area contributed by atoms with Gasteiger partial charge in [-0.05, 0) is 36.8 Å². The zero-order chi connectivity index (χ0) is 23.9. The number of hydrogen-bond acceptors (Lipinski definition) is 6. The summed E-state index contributed by atoms with van der Waals surface area (Å²) in [6, 6.07) is 22.6. The molecule has 0 spiro atoms. The van der Waals surface area contributed by atoms with E-state index in [0.717, 1.165) is 43.0 Å². The lowest BCUT2D eigenvalue weighted by Gasteiger charge is -2.36. The number of carbonyl (C=O) groups is 1. The maximum Gasteiger partial charge on any atom is 0.292 e. The summed E-state index contributed by atoms with van der Waals surface area (Å²) in [5.74, 6) is -0.0769. The van der Waals surface area contributed by atoms with Gasteiger partial charge in [-0.3, -0.25) is 19.8 Å². The molecule has 8 heteroatoms. The van der Waals surface area contributed by atoms with Gasteiger partial charge in [0.25, 0.3) is 11.6 Å². The highest BCUT2D eigenvalue weighted by Gasteiger charge is 2.21. The fourth-order valence-corrected chi connectivity index (χ4v) is 3.97. The monoisotopic (exact) mass is 459 g/mol. The Morgan fingerprint density at radius 1 is 0.971 bits per heavy atom. The zero-order valence-corrected chi connectivity index (χ0v) is 19.2. The van der Waals surface area contributed by atoms with Crippen molar-refractivity contribution >= 4 is 23.0 Å². The molecular formula is C26H29N5O3. The Balaban J connectivity index is 1.33. The van der Waals surface area contributed by atoms with E-state index in [2.05, 4.69) is 20.4 Å². The maximum absolute atomic E-state index is 12.4. The van der Waals surface area contributed by atoms with Crippen LogP contribution in [0, 0.1) is 17.0 Å². The Kier molecular flexibility index (Phi) is 7.39. The number of nitro benzene ring substituents is 1. The molecule has 0 atom stereocenters. The molecule has 0 aliphatic carbocycles. The summed E-state index contributed by atoms with van der Waals surface area (Å²) >= 11 is 0. The number of carbonyl (C=O) groups excluding carboxylic acids is 1. The molecule has 3 aromatic rings. The SMILES string of the molecule is Cc1ccc(C(=O)NCN2CCN(c3ccc([N+](=O)[O-])c(NCc4ccccc4)c3)CC2)cc1. The Morgan fingerprint density at radius 2 is 1.68 bits per heavy atom. The average molecular weight is 460 g/mol. The van der Waals surface area contributed by atoms with Crippen LogP contribution < -0.4 is 15.5 Å². The molecule has 1 saturated heterocycles. The first-order valence-corrected chi connectivity index (χ1v) is 11.4. The van der Waals surface area contributed by atoms with E-state index in [9.17, 15) is 14.9 Å². The first kappa shape index (κ1) is 23.3. The van der Waals surface area contributed by atoms with Gasteiger partial charge in [-0.2, -0.15) is 0 Å². The maximum atomic E-state index is 12.4. The van der Waals surface area contributed by atoms with Crippen LogP contribution in [0.25, 0.3) is 0 Å². The van der Waals surface area contributed by atoms with E-state index in [1.165, 1.54) is 0 Å². The minimum Gasteiger partial charge on any atom is -0.375 e. The molecule has 4 rings (SSSR count). The number of piperazine rings is 1. The van der Waals surface area contributed by atoms with E-state index in [-0.39, 0.29) is 16.5 Å². The molecule has 2 N–H and O–H groups in total. The molecule has 1 aliphatic rings. The fourth-order valence-electron chi connectivity index (χ4n) is 3.97. The highest BCUT2D eigenvalue weighted by atomic mass is 16.6. The third-order valence-electron chi connectivity index (χ3n) is 6.02. The molecule has 1 amide bonds. The number of nitrogens with one attached hydrogen (secondary N) is 2. The van der Waals surface area contributed by atoms with Crippen LogP contribution in [0.4, 0.5) is 17.1 Å². The Labute approximate surface area is 199 Å². The molecular weight excluding hydrogens is 430 g/mol. The van der Waals surface area contributed by atoms with Gasteiger partial charge in [0.05, 0.1) is 11.6 Å². The van der Waals surface area contributed by atoms with Gasteiger partial charge in [-0.25, -0.2) is 0 Å². The summed E-state index contributed by atoms with van der Waals surface area (Å²) in [4.78, 5) is 27.9. The molecule has 0 aromatic heterocycles. The van der Waals surface area contributed by atoms with E-state index < -0.39 is 0 Å². The lowest BCUT2D eigenvalue weighted by molar-refractivity contribution is -0.384. The quantitative estimate of drug-likeness (QED) is 0.391. The topological polar surface area (TPSA) is 90.8 Å². The van der Waals surface area contributed by atoms with Crippen molar-refractivity contribution in [1.82, 2.24) is 10.2 Å². The van der Waals surface area contributed by atoms with Crippen molar-refractivity contribution < 1.29 is 9.72 Å². The van der Waals surface area contributed by atoms with Crippen LogP contribution in [0.2, 0.25) is 0 Å². The van der Waals surface area contributed by atoms with E-state index in [4.69, 9.17) is 0 Å². The first-order chi connectivity index (χ1) is 16.5. The van der Waals surface area contributed by atoms with Crippen molar-refractivity contribution in [2.45, 2.75) is 13.5 Å². The van der Waals surface area contributed by atoms with Gasteiger partial charge in [0.15, 0.2) is 0 Å². The minimum absolute atomic E-state index is 0.0668. The van der Waals surface area contributed by atoms with Gasteiger partial charge in [0, 0.05) is 50.0 Å². The van der Waals surface area contributed by atoms with Gasteiger partial charge in [-0.15, -0.1) is 0 Å². The lowest BCUT2D eigenvalue weighted by Crippen LogP contribution is -2.50. The van der Waals surface area contributed by atoms with Gasteiger partial charge >= 0.3 is 0 Å². The van der Waals surface area contributed by atoms with Crippen molar-refractivity contribution in [3.8, 4) is 0 Å². The number of amides is 1. The van der Waals surface area contributed by atoms with Crippen molar-refractivity contribution in [3.05, 3.63) is 99.6 Å². The highest BCUT2D eigenvalue weighted by Crippen LogP contribution is 2.30. The predicted molar refractivity (Wildman–Crippen MR) is 134 cm³/mol. The molecule has 3 aromatic carbocycles. The van der Waals surface area contributed by atoms with Crippen molar-refractivity contribution in [1.29, 1.82) is 0 Å². The Morgan fingerprint density at radius 3 is 2.35 bits per heavy atom. The molecule has 0 radical (unpaired) electrons. The molecule has 1 fully saturated rings. The highest BCUT2D eigenvalue weighted by molar-refractivity contribution is 5.94. The second kappa shape index (κ2) is 10.8. The number of aryl methyl sites for hydroxylation is 1. The molecule has 8 nitrogen and oxygen atoms in total. The molecule has 1 heterocycles. The summed E-state index contributed by atoms with van der Waals surface area (Å²) in [5.41, 5.74) is 4.37. The minimum atomic E-state index is -0.355. The van der Waals surface area contributed by atoms with Crippen LogP contribution >= 0.6 is 0 Å². The van der Waals surface area contributed by atoms with Crippen LogP contribution in [-0.2, 0) is 6.54 Å². The van der Waals surface area contributed by atoms with Gasteiger partial charge in [0.1, 0.15) is 5.69 Å². The molecule has 0 unspecified atom stereocenters. The fraction of sp³-hybridized carbons (Fsp3) is 0.269. The molecule has 0 saturated carbocycles. The summed E-state index contributed by atoms with van der Waals surface area (Å²) < 4.78 is 0. The number of anilines is 2. The van der Waals surface area contributed by atoms with Crippen LogP contribution in [-0.4, -0.2) is 48.6 Å². The summed E-state index contributed by atoms with van der Waals surface area (Å²) in [7, 11) is 0. The second-order valence-electron chi connectivity index (χ2n) is 8.43. The number of nitrogens with zero attached hydrogens (tertiary/aromatic N) is 3. The first-order valence-electron chi connectivity index (χ1n) is 11.4. The number of rotatable bonds is 8. The lowest BCUT2D eigenvalue weighted by atomic mass is 10.1. The summed E-state index contributed by atoms with van der Waals surface area (Å²) in [6.45, 7) is 6.13. The molecule has 34 heavy (non-hydrogen) atoms. The largest absolute Gasteiger partial charge is 0.375 e. The van der Waals surface area contributed by atoms with Crippen LogP contribution in [0.3, 0.4) is 0 Å². The van der Waals surface area contributed by atoms with Crippen molar-refractivity contribution in [2.75, 3.05) is 43.1 Å². The Hall–Kier alpha value is -3.91. The predicted octanol–water partition coefficient (Wildman–Crippen LogP) is 4.02. The van der Waals surface area contributed by atoms with Gasteiger partial charge in [0.2, 0.25) is 0 Å². The third-order valence-corrected chi connectivity index (χ3v) is 6.02. The third kappa shape index (κ3) is 5.90. The van der Waals surface area contributed by atoms with E-state index >= 15 is 0 Å². The Bertz CT molecular complexity index is 1130. The smallest absolute Gasteiger partial charge is 0.292 e. The summed E-state index contributed by atoms with van der Waals surface area (Å²) in [6.07, 6.45) is 0. The van der Waals surface area contributed by atoms with Crippen molar-refractivity contribution in [2.24, 2.45) is 0 Å². The van der Waals surface area contributed by atoms with E-state index in [1.54, 1.807) is 12.1 Å². The molecule has 0 bridgehead atoms. The number of benzene rings is 3. The molecule has 176 valence electrons. The average Bonchev–Trinajstić information content (AvgIpc) is 2.87. The van der Waals surface area contributed by atoms with Crippen LogP contribution in [0.15, 0.2) is 72.8 Å². The van der Waals surface area contributed by atoms with E-state index in [1.807, 2.05) is 67.6 Å². The van der Waals surface area contributed by atoms with Gasteiger partial charge < -0.3 is 15.5 Å². The van der Waals surface area contributed by atoms with Crippen LogP contribution in [0.1, 0.15) is 21.5 Å². The van der Waals surface area contributed by atoms with Crippen LogP contribution in [0.5, 0.6) is 0 Å². The zero-order valence-electron chi connectivity index (χ0n) is 19.2. The normalized spacial score (nSPS) is 14.0.